The van der Waals surface area contributed by atoms with Crippen molar-refractivity contribution in [1.29, 1.82) is 0 Å². The van der Waals surface area contributed by atoms with E-state index in [9.17, 15) is 0 Å². The zero-order valence-corrected chi connectivity index (χ0v) is 11.9. The number of thiophene rings is 1. The average molecular weight is 265 g/mol. The number of nitrogens with one attached hydrogen (secondary N) is 1. The second-order valence-corrected chi connectivity index (χ2v) is 5.16. The van der Waals surface area contributed by atoms with Crippen LogP contribution in [0.5, 0.6) is 0 Å². The monoisotopic (exact) mass is 265 g/mol. The van der Waals surface area contributed by atoms with Gasteiger partial charge in [-0.2, -0.15) is 0 Å². The van der Waals surface area contributed by atoms with E-state index in [1.807, 2.05) is 0 Å². The van der Waals surface area contributed by atoms with Gasteiger partial charge in [-0.25, -0.2) is 9.97 Å². The molecule has 1 N–H and O–H groups in total. The molecule has 2 aromatic rings. The molecule has 0 saturated carbocycles. The minimum Gasteiger partial charge on any atom is -0.383 e. The molecule has 0 spiro atoms. The van der Waals surface area contributed by atoms with Gasteiger partial charge in [0, 0.05) is 25.0 Å². The Balaban J connectivity index is 2.37. The zero-order chi connectivity index (χ0) is 13.0. The smallest absolute Gasteiger partial charge is 0.138 e. The molecule has 5 heteroatoms. The lowest BCUT2D eigenvalue weighted by atomic mass is 10.3. The van der Waals surface area contributed by atoms with E-state index < -0.39 is 0 Å². The summed E-state index contributed by atoms with van der Waals surface area (Å²) in [5.74, 6) is 1.83. The fraction of sp³-hybridized carbons (Fsp3) is 0.538. The van der Waals surface area contributed by atoms with Crippen molar-refractivity contribution in [3.05, 3.63) is 16.8 Å². The molecule has 2 aromatic heterocycles. The molecule has 0 radical (unpaired) electrons. The van der Waals surface area contributed by atoms with Gasteiger partial charge in [0.2, 0.25) is 0 Å². The van der Waals surface area contributed by atoms with Gasteiger partial charge in [-0.3, -0.25) is 0 Å². The first-order chi connectivity index (χ1) is 8.78. The van der Waals surface area contributed by atoms with Gasteiger partial charge < -0.3 is 10.1 Å². The Morgan fingerprint density at radius 1 is 1.28 bits per heavy atom. The molecule has 0 unspecified atom stereocenters. The first-order valence-corrected chi connectivity index (χ1v) is 7.12. The highest BCUT2D eigenvalue weighted by Gasteiger charge is 2.10. The summed E-state index contributed by atoms with van der Waals surface area (Å²) in [4.78, 5) is 11.6. The molecule has 0 aromatic carbocycles. The van der Waals surface area contributed by atoms with Crippen molar-refractivity contribution < 1.29 is 4.74 Å². The van der Waals surface area contributed by atoms with Crippen LogP contribution >= 0.6 is 11.3 Å². The van der Waals surface area contributed by atoms with Crippen LogP contribution in [-0.4, -0.2) is 30.2 Å². The predicted octanol–water partition coefficient (Wildman–Crippen LogP) is 2.87. The molecule has 0 saturated heterocycles. The molecule has 18 heavy (non-hydrogen) atoms. The van der Waals surface area contributed by atoms with E-state index in [1.54, 1.807) is 18.4 Å². The zero-order valence-electron chi connectivity index (χ0n) is 11.1. The third-order valence-corrected chi connectivity index (χ3v) is 3.93. The molecule has 0 aliphatic rings. The Labute approximate surface area is 111 Å². The minimum atomic E-state index is 0.678. The van der Waals surface area contributed by atoms with Crippen molar-refractivity contribution in [3.63, 3.8) is 0 Å². The normalized spacial score (nSPS) is 11.1. The second-order valence-electron chi connectivity index (χ2n) is 4.05. The van der Waals surface area contributed by atoms with Gasteiger partial charge in [0.25, 0.3) is 0 Å². The molecule has 0 fully saturated rings. The molecule has 2 heterocycles. The molecule has 0 atom stereocenters. The Hall–Kier alpha value is -1.20. The third-order valence-electron chi connectivity index (χ3n) is 2.75. The molecule has 0 aliphatic heterocycles. The maximum absolute atomic E-state index is 5.06. The van der Waals surface area contributed by atoms with Crippen LogP contribution in [0.2, 0.25) is 0 Å². The summed E-state index contributed by atoms with van der Waals surface area (Å²) in [5, 5.41) is 4.46. The van der Waals surface area contributed by atoms with E-state index in [1.165, 1.54) is 4.88 Å². The van der Waals surface area contributed by atoms with Crippen LogP contribution in [0.3, 0.4) is 0 Å². The van der Waals surface area contributed by atoms with Crippen molar-refractivity contribution in [2.75, 3.05) is 25.6 Å². The lowest BCUT2D eigenvalue weighted by Crippen LogP contribution is -2.10. The lowest BCUT2D eigenvalue weighted by Gasteiger charge is -2.07. The summed E-state index contributed by atoms with van der Waals surface area (Å²) in [6.45, 7) is 5.69. The van der Waals surface area contributed by atoms with Crippen molar-refractivity contribution in [2.24, 2.45) is 0 Å². The van der Waals surface area contributed by atoms with Crippen molar-refractivity contribution in [1.82, 2.24) is 9.97 Å². The van der Waals surface area contributed by atoms with E-state index in [0.717, 1.165) is 41.2 Å². The fourth-order valence-electron chi connectivity index (χ4n) is 1.75. The van der Waals surface area contributed by atoms with Crippen LogP contribution in [0.25, 0.3) is 10.2 Å². The van der Waals surface area contributed by atoms with Crippen LogP contribution in [0, 0.1) is 0 Å². The molecule has 98 valence electrons. The summed E-state index contributed by atoms with van der Waals surface area (Å²) >= 11 is 1.76. The summed E-state index contributed by atoms with van der Waals surface area (Å²) in [7, 11) is 1.70. The number of fused-ring (bicyclic) bond motifs is 1. The minimum absolute atomic E-state index is 0.678. The number of methoxy groups -OCH3 is 1. The van der Waals surface area contributed by atoms with Crippen molar-refractivity contribution in [2.45, 2.75) is 26.7 Å². The maximum Gasteiger partial charge on any atom is 0.138 e. The number of ether oxygens (including phenoxy) is 1. The Morgan fingerprint density at radius 2 is 2.11 bits per heavy atom. The van der Waals surface area contributed by atoms with Crippen molar-refractivity contribution in [3.8, 4) is 0 Å². The molecular weight excluding hydrogens is 246 g/mol. The van der Waals surface area contributed by atoms with E-state index in [4.69, 9.17) is 4.74 Å². The number of anilines is 1. The Kier molecular flexibility index (Phi) is 4.49. The molecule has 0 aliphatic carbocycles. The van der Waals surface area contributed by atoms with Gasteiger partial charge in [0.05, 0.1) is 12.0 Å². The summed E-state index contributed by atoms with van der Waals surface area (Å²) < 4.78 is 5.06. The van der Waals surface area contributed by atoms with Crippen LogP contribution in [0.15, 0.2) is 6.07 Å². The standard InChI is InChI=1S/C13H19N3OS/c1-4-9-8-10-12(14-6-7-17-3)15-11(5-2)16-13(10)18-9/h8H,4-7H2,1-3H3,(H,14,15,16). The lowest BCUT2D eigenvalue weighted by molar-refractivity contribution is 0.210. The third kappa shape index (κ3) is 2.79. The molecule has 4 nitrogen and oxygen atoms in total. The number of nitrogens with zero attached hydrogens (tertiary/aromatic N) is 2. The van der Waals surface area contributed by atoms with Crippen LogP contribution in [0.1, 0.15) is 24.5 Å². The van der Waals surface area contributed by atoms with Crippen LogP contribution < -0.4 is 5.32 Å². The molecule has 0 bridgehead atoms. The highest BCUT2D eigenvalue weighted by Crippen LogP contribution is 2.29. The van der Waals surface area contributed by atoms with E-state index in [0.29, 0.717) is 6.61 Å². The fourth-order valence-corrected chi connectivity index (χ4v) is 2.74. The highest BCUT2D eigenvalue weighted by molar-refractivity contribution is 7.18. The quantitative estimate of drug-likeness (QED) is 0.816. The second kappa shape index (κ2) is 6.11. The van der Waals surface area contributed by atoms with E-state index in [-0.39, 0.29) is 0 Å². The number of hydrogen-bond donors (Lipinski definition) is 1. The summed E-state index contributed by atoms with van der Waals surface area (Å²) in [6, 6.07) is 2.19. The predicted molar refractivity (Wildman–Crippen MR) is 76.5 cm³/mol. The Bertz CT molecular complexity index is 524. The molecule has 2 rings (SSSR count). The summed E-state index contributed by atoms with van der Waals surface area (Å²) in [6.07, 6.45) is 1.90. The first-order valence-electron chi connectivity index (χ1n) is 6.30. The van der Waals surface area contributed by atoms with Gasteiger partial charge in [-0.15, -0.1) is 11.3 Å². The Morgan fingerprint density at radius 3 is 2.78 bits per heavy atom. The van der Waals surface area contributed by atoms with Gasteiger partial charge in [-0.05, 0) is 12.5 Å². The van der Waals surface area contributed by atoms with E-state index in [2.05, 4.69) is 35.2 Å². The van der Waals surface area contributed by atoms with Gasteiger partial charge in [0.15, 0.2) is 0 Å². The average Bonchev–Trinajstić information content (AvgIpc) is 2.81. The number of hydrogen-bond acceptors (Lipinski definition) is 5. The maximum atomic E-state index is 5.06. The number of aromatic nitrogens is 2. The van der Waals surface area contributed by atoms with E-state index >= 15 is 0 Å². The SMILES string of the molecule is CCc1nc(NCCOC)c2cc(CC)sc2n1. The first kappa shape index (κ1) is 13.2. The van der Waals surface area contributed by atoms with Crippen LogP contribution in [-0.2, 0) is 17.6 Å². The van der Waals surface area contributed by atoms with Crippen LogP contribution in [0.4, 0.5) is 5.82 Å². The van der Waals surface area contributed by atoms with Gasteiger partial charge >= 0.3 is 0 Å². The number of aryl methyl sites for hydroxylation is 2. The van der Waals surface area contributed by atoms with Gasteiger partial charge in [0.1, 0.15) is 16.5 Å². The molecule has 0 amide bonds. The molecular formula is C13H19N3OS. The summed E-state index contributed by atoms with van der Waals surface area (Å²) in [5.41, 5.74) is 0. The topological polar surface area (TPSA) is 47.0 Å². The largest absolute Gasteiger partial charge is 0.383 e. The number of rotatable bonds is 6. The highest BCUT2D eigenvalue weighted by atomic mass is 32.1. The van der Waals surface area contributed by atoms with Crippen molar-refractivity contribution >= 4 is 27.4 Å². The van der Waals surface area contributed by atoms with Gasteiger partial charge in [-0.1, -0.05) is 13.8 Å².